The van der Waals surface area contributed by atoms with E-state index in [2.05, 4.69) is 46.6 Å². The van der Waals surface area contributed by atoms with Crippen molar-refractivity contribution in [2.24, 2.45) is 0 Å². The monoisotopic (exact) mass is 193 g/mol. The average molecular weight is 193 g/mol. The van der Waals surface area contributed by atoms with Gasteiger partial charge in [-0.15, -0.1) is 0 Å². The van der Waals surface area contributed by atoms with E-state index in [-0.39, 0.29) is 0 Å². The summed E-state index contributed by atoms with van der Waals surface area (Å²) in [6.45, 7) is 0. The number of nitrogens with one attached hydrogen (secondary N) is 1. The topological polar surface area (TPSA) is 28.7 Å². The predicted octanol–water partition coefficient (Wildman–Crippen LogP) is 3.03. The number of hydrogen-bond acceptors (Lipinski definition) is 1. The molecule has 1 aromatic heterocycles. The molecular weight excluding hydrogens is 184 g/mol. The molecule has 1 radical (unpaired) electrons. The Hall–Kier alpha value is -2.09. The van der Waals surface area contributed by atoms with Crippen LogP contribution in [0.15, 0.2) is 48.7 Å². The van der Waals surface area contributed by atoms with Crippen LogP contribution in [0.4, 0.5) is 0 Å². The van der Waals surface area contributed by atoms with Crippen molar-refractivity contribution < 1.29 is 0 Å². The molecule has 2 heteroatoms. The molecule has 0 aliphatic heterocycles. The summed E-state index contributed by atoms with van der Waals surface area (Å²) in [6.07, 6.45) is 4.55. The number of fused-ring (bicyclic) bond motifs is 1. The van der Waals surface area contributed by atoms with E-state index in [4.69, 9.17) is 0 Å². The third-order valence-corrected chi connectivity index (χ3v) is 2.50. The van der Waals surface area contributed by atoms with Gasteiger partial charge in [0.05, 0.1) is 5.69 Å². The van der Waals surface area contributed by atoms with E-state index in [1.165, 1.54) is 10.8 Å². The van der Waals surface area contributed by atoms with Crippen molar-refractivity contribution in [3.63, 3.8) is 0 Å². The van der Waals surface area contributed by atoms with E-state index < -0.39 is 0 Å². The first-order valence-electron chi connectivity index (χ1n) is 4.84. The molecule has 0 bridgehead atoms. The third kappa shape index (κ3) is 1.40. The molecule has 0 atom stereocenters. The first-order chi connectivity index (χ1) is 7.43. The number of H-pyrrole nitrogens is 1. The minimum absolute atomic E-state index is 0.931. The Labute approximate surface area is 87.6 Å². The maximum atomic E-state index is 4.11. The van der Waals surface area contributed by atoms with E-state index in [0.29, 0.717) is 0 Å². The van der Waals surface area contributed by atoms with Gasteiger partial charge in [0.25, 0.3) is 0 Å². The molecule has 0 saturated heterocycles. The van der Waals surface area contributed by atoms with Crippen molar-refractivity contribution in [2.75, 3.05) is 0 Å². The van der Waals surface area contributed by atoms with Crippen molar-refractivity contribution in [3.8, 4) is 11.3 Å². The Morgan fingerprint density at radius 3 is 2.67 bits per heavy atom. The zero-order valence-electron chi connectivity index (χ0n) is 8.07. The Morgan fingerprint density at radius 2 is 1.87 bits per heavy atom. The molecular formula is C13H9N2. The van der Waals surface area contributed by atoms with Crippen molar-refractivity contribution >= 4 is 10.8 Å². The van der Waals surface area contributed by atoms with Gasteiger partial charge in [-0.2, -0.15) is 0 Å². The van der Waals surface area contributed by atoms with Crippen LogP contribution in [0.25, 0.3) is 22.0 Å². The van der Waals surface area contributed by atoms with E-state index in [1.807, 2.05) is 18.3 Å². The smallest absolute Gasteiger partial charge is 0.174 e. The molecule has 0 aliphatic carbocycles. The molecule has 0 aliphatic rings. The minimum Gasteiger partial charge on any atom is -0.341 e. The van der Waals surface area contributed by atoms with Crippen LogP contribution in [0, 0.1) is 6.33 Å². The largest absolute Gasteiger partial charge is 0.341 e. The highest BCUT2D eigenvalue weighted by molar-refractivity contribution is 5.86. The van der Waals surface area contributed by atoms with Crippen molar-refractivity contribution in [3.05, 3.63) is 55.0 Å². The highest BCUT2D eigenvalue weighted by Crippen LogP contribution is 2.22. The summed E-state index contributed by atoms with van der Waals surface area (Å²) in [5, 5.41) is 2.48. The van der Waals surface area contributed by atoms with Crippen LogP contribution in [-0.2, 0) is 0 Å². The Bertz CT molecular complexity index is 582. The van der Waals surface area contributed by atoms with E-state index >= 15 is 0 Å². The van der Waals surface area contributed by atoms with Crippen LogP contribution in [0.2, 0.25) is 0 Å². The first-order valence-corrected chi connectivity index (χ1v) is 4.84. The summed E-state index contributed by atoms with van der Waals surface area (Å²) in [4.78, 5) is 6.95. The fraction of sp³-hybridized carbons (Fsp3) is 0. The highest BCUT2D eigenvalue weighted by atomic mass is 14.9. The van der Waals surface area contributed by atoms with E-state index in [9.17, 15) is 0 Å². The first kappa shape index (κ1) is 8.24. The number of rotatable bonds is 1. The van der Waals surface area contributed by atoms with Crippen LogP contribution in [0.5, 0.6) is 0 Å². The van der Waals surface area contributed by atoms with Crippen molar-refractivity contribution in [1.29, 1.82) is 0 Å². The van der Waals surface area contributed by atoms with Gasteiger partial charge >= 0.3 is 0 Å². The lowest BCUT2D eigenvalue weighted by Crippen LogP contribution is -1.78. The lowest BCUT2D eigenvalue weighted by molar-refractivity contribution is 1.29. The summed E-state index contributed by atoms with van der Waals surface area (Å²) in [7, 11) is 0. The third-order valence-electron chi connectivity index (χ3n) is 2.50. The second kappa shape index (κ2) is 3.24. The van der Waals surface area contributed by atoms with Gasteiger partial charge in [0.2, 0.25) is 0 Å². The Balaban J connectivity index is 2.22. The SMILES string of the molecule is [c]1nc(-c2ccc3ccccc3c2)c[nH]1. The molecule has 2 aromatic carbocycles. The van der Waals surface area contributed by atoms with E-state index in [0.717, 1.165) is 11.3 Å². The van der Waals surface area contributed by atoms with Gasteiger partial charge in [-0.3, -0.25) is 0 Å². The molecule has 0 spiro atoms. The number of hydrogen-bond donors (Lipinski definition) is 1. The highest BCUT2D eigenvalue weighted by Gasteiger charge is 2.00. The summed E-state index contributed by atoms with van der Waals surface area (Å²) in [6, 6.07) is 14.6. The van der Waals surface area contributed by atoms with Gasteiger partial charge in [0, 0.05) is 11.8 Å². The quantitative estimate of drug-likeness (QED) is 0.632. The number of imidazole rings is 1. The average Bonchev–Trinajstić information content (AvgIpc) is 2.82. The van der Waals surface area contributed by atoms with Crippen molar-refractivity contribution in [1.82, 2.24) is 9.97 Å². The molecule has 3 rings (SSSR count). The van der Waals surface area contributed by atoms with Crippen LogP contribution >= 0.6 is 0 Å². The van der Waals surface area contributed by atoms with Crippen LogP contribution < -0.4 is 0 Å². The van der Waals surface area contributed by atoms with Crippen LogP contribution in [0.3, 0.4) is 0 Å². The maximum Gasteiger partial charge on any atom is 0.174 e. The molecule has 2 nitrogen and oxygen atoms in total. The van der Waals surface area contributed by atoms with Gasteiger partial charge in [0.15, 0.2) is 6.33 Å². The van der Waals surface area contributed by atoms with Gasteiger partial charge < -0.3 is 4.98 Å². The normalized spacial score (nSPS) is 10.7. The number of aromatic nitrogens is 2. The van der Waals surface area contributed by atoms with Crippen molar-refractivity contribution in [2.45, 2.75) is 0 Å². The molecule has 0 saturated carbocycles. The fourth-order valence-electron chi connectivity index (χ4n) is 1.72. The summed E-state index contributed by atoms with van der Waals surface area (Å²) in [5.41, 5.74) is 2.05. The van der Waals surface area contributed by atoms with Gasteiger partial charge in [-0.1, -0.05) is 36.4 Å². The fourth-order valence-corrected chi connectivity index (χ4v) is 1.72. The number of benzene rings is 2. The van der Waals surface area contributed by atoms with Gasteiger partial charge in [-0.05, 0) is 16.8 Å². The standard InChI is InChI=1S/C13H9N2/c1-2-4-11-7-12(6-5-10(11)3-1)13-8-14-9-15-13/h1-8H,(H,14,15). The van der Waals surface area contributed by atoms with E-state index in [1.54, 1.807) is 0 Å². The summed E-state index contributed by atoms with van der Waals surface area (Å²) in [5.74, 6) is 0. The zero-order valence-corrected chi connectivity index (χ0v) is 8.07. The predicted molar refractivity (Wildman–Crippen MR) is 60.4 cm³/mol. The minimum atomic E-state index is 0.931. The Kier molecular flexibility index (Phi) is 1.78. The van der Waals surface area contributed by atoms with Crippen LogP contribution in [0.1, 0.15) is 0 Å². The Morgan fingerprint density at radius 1 is 1.00 bits per heavy atom. The van der Waals surface area contributed by atoms with Gasteiger partial charge in [0.1, 0.15) is 0 Å². The van der Waals surface area contributed by atoms with Crippen LogP contribution in [-0.4, -0.2) is 9.97 Å². The summed E-state index contributed by atoms with van der Waals surface area (Å²) >= 11 is 0. The number of nitrogens with zero attached hydrogens (tertiary/aromatic N) is 1. The zero-order chi connectivity index (χ0) is 10.1. The second-order valence-electron chi connectivity index (χ2n) is 3.46. The second-order valence-corrected chi connectivity index (χ2v) is 3.46. The van der Waals surface area contributed by atoms with Gasteiger partial charge in [-0.25, -0.2) is 4.98 Å². The lowest BCUT2D eigenvalue weighted by Gasteiger charge is -2.00. The number of aromatic amines is 1. The molecule has 3 aromatic rings. The molecule has 1 heterocycles. The molecule has 1 N–H and O–H groups in total. The molecule has 0 amide bonds. The molecule has 15 heavy (non-hydrogen) atoms. The maximum absolute atomic E-state index is 4.11. The molecule has 71 valence electrons. The lowest BCUT2D eigenvalue weighted by atomic mass is 10.1. The summed E-state index contributed by atoms with van der Waals surface area (Å²) < 4.78 is 0. The molecule has 0 unspecified atom stereocenters. The molecule has 0 fully saturated rings.